The molecular formula is C16H29NO4. The van der Waals surface area contributed by atoms with Gasteiger partial charge in [0.05, 0.1) is 12.0 Å². The molecule has 0 bridgehead atoms. The summed E-state index contributed by atoms with van der Waals surface area (Å²) in [5.41, 5.74) is -1.64. The molecule has 1 unspecified atom stereocenters. The van der Waals surface area contributed by atoms with Crippen molar-refractivity contribution in [1.29, 1.82) is 0 Å². The van der Waals surface area contributed by atoms with Crippen LogP contribution < -0.4 is 0 Å². The largest absolute Gasteiger partial charge is 0.457 e. The normalized spacial score (nSPS) is 23.1. The Morgan fingerprint density at radius 3 is 2.24 bits per heavy atom. The Labute approximate surface area is 128 Å². The van der Waals surface area contributed by atoms with Gasteiger partial charge in [0.2, 0.25) is 0 Å². The molecule has 1 amide bonds. The Bertz CT molecular complexity index is 411. The van der Waals surface area contributed by atoms with Gasteiger partial charge < -0.3 is 14.4 Å². The minimum Gasteiger partial charge on any atom is -0.457 e. The van der Waals surface area contributed by atoms with Gasteiger partial charge in [-0.1, -0.05) is 6.92 Å². The van der Waals surface area contributed by atoms with Crippen LogP contribution in [0.25, 0.3) is 0 Å². The maximum Gasteiger partial charge on any atom is 0.410 e. The summed E-state index contributed by atoms with van der Waals surface area (Å²) in [6.07, 6.45) is 1.01. The lowest BCUT2D eigenvalue weighted by Gasteiger charge is -2.30. The summed E-state index contributed by atoms with van der Waals surface area (Å²) in [5.74, 6) is -0.210. The maximum atomic E-state index is 12.2. The molecule has 1 fully saturated rings. The van der Waals surface area contributed by atoms with Crippen LogP contribution in [0.3, 0.4) is 0 Å². The molecule has 0 spiro atoms. The van der Waals surface area contributed by atoms with Crippen molar-refractivity contribution in [1.82, 2.24) is 4.90 Å². The first-order chi connectivity index (χ1) is 9.38. The van der Waals surface area contributed by atoms with E-state index in [1.54, 1.807) is 4.90 Å². The SMILES string of the molecule is CCC(C)(C)C(=O)OC1(C)CCN(C(=O)OC(C)(C)C)C1. The number of esters is 1. The molecule has 0 aromatic heterocycles. The highest BCUT2D eigenvalue weighted by Crippen LogP contribution is 2.31. The fourth-order valence-corrected chi connectivity index (χ4v) is 2.01. The predicted octanol–water partition coefficient (Wildman–Crippen LogP) is 3.37. The highest BCUT2D eigenvalue weighted by molar-refractivity contribution is 5.76. The molecule has 1 aliphatic rings. The van der Waals surface area contributed by atoms with E-state index < -0.39 is 16.6 Å². The molecule has 122 valence electrons. The number of carbonyl (C=O) groups is 2. The third-order valence-corrected chi connectivity index (χ3v) is 3.86. The maximum absolute atomic E-state index is 12.2. The molecule has 1 saturated heterocycles. The third-order valence-electron chi connectivity index (χ3n) is 3.86. The molecule has 1 rings (SSSR count). The van der Waals surface area contributed by atoms with Gasteiger partial charge in [-0.25, -0.2) is 4.79 Å². The second-order valence-electron chi connectivity index (χ2n) is 7.73. The second kappa shape index (κ2) is 5.85. The molecule has 0 saturated carbocycles. The Morgan fingerprint density at radius 1 is 1.19 bits per heavy atom. The van der Waals surface area contributed by atoms with Crippen LogP contribution in [0.1, 0.15) is 61.3 Å². The quantitative estimate of drug-likeness (QED) is 0.750. The first-order valence-corrected chi connectivity index (χ1v) is 7.60. The van der Waals surface area contributed by atoms with Gasteiger partial charge in [-0.05, 0) is 48.0 Å². The fourth-order valence-electron chi connectivity index (χ4n) is 2.01. The molecule has 0 aromatic carbocycles. The zero-order chi connectivity index (χ0) is 16.5. The van der Waals surface area contributed by atoms with Crippen molar-refractivity contribution >= 4 is 12.1 Å². The van der Waals surface area contributed by atoms with Gasteiger partial charge in [0.1, 0.15) is 11.2 Å². The average Bonchev–Trinajstić information content (AvgIpc) is 2.69. The van der Waals surface area contributed by atoms with Crippen molar-refractivity contribution in [2.75, 3.05) is 13.1 Å². The molecule has 1 heterocycles. The van der Waals surface area contributed by atoms with E-state index in [0.717, 1.165) is 6.42 Å². The fraction of sp³-hybridized carbons (Fsp3) is 0.875. The first kappa shape index (κ1) is 17.8. The second-order valence-corrected chi connectivity index (χ2v) is 7.73. The van der Waals surface area contributed by atoms with Gasteiger partial charge in [-0.2, -0.15) is 0 Å². The molecule has 5 heteroatoms. The topological polar surface area (TPSA) is 55.8 Å². The summed E-state index contributed by atoms with van der Waals surface area (Å²) in [7, 11) is 0. The van der Waals surface area contributed by atoms with Crippen LogP contribution >= 0.6 is 0 Å². The van der Waals surface area contributed by atoms with Gasteiger partial charge in [-0.3, -0.25) is 4.79 Å². The number of hydrogen-bond donors (Lipinski definition) is 0. The van der Waals surface area contributed by atoms with Gasteiger partial charge in [-0.15, -0.1) is 0 Å². The van der Waals surface area contributed by atoms with E-state index in [4.69, 9.17) is 9.47 Å². The van der Waals surface area contributed by atoms with Crippen LogP contribution in [0.4, 0.5) is 4.79 Å². The summed E-state index contributed by atoms with van der Waals surface area (Å²) >= 11 is 0. The van der Waals surface area contributed by atoms with Crippen LogP contribution in [-0.2, 0) is 14.3 Å². The van der Waals surface area contributed by atoms with Crippen LogP contribution in [0, 0.1) is 5.41 Å². The number of carbonyl (C=O) groups excluding carboxylic acids is 2. The third kappa shape index (κ3) is 4.90. The highest BCUT2D eigenvalue weighted by Gasteiger charge is 2.42. The Kier molecular flexibility index (Phi) is 4.96. The number of amides is 1. The van der Waals surface area contributed by atoms with Gasteiger partial charge in [0.15, 0.2) is 0 Å². The summed E-state index contributed by atoms with van der Waals surface area (Å²) in [6, 6.07) is 0. The van der Waals surface area contributed by atoms with Crippen molar-refractivity contribution in [2.45, 2.75) is 72.5 Å². The summed E-state index contributed by atoms with van der Waals surface area (Å²) < 4.78 is 11.0. The van der Waals surface area contributed by atoms with Gasteiger partial charge >= 0.3 is 12.1 Å². The van der Waals surface area contributed by atoms with Crippen molar-refractivity contribution < 1.29 is 19.1 Å². The van der Waals surface area contributed by atoms with Crippen molar-refractivity contribution in [3.8, 4) is 0 Å². The standard InChI is InChI=1S/C16H29NO4/c1-8-15(5,6)12(18)20-16(7)9-10-17(11-16)13(19)21-14(2,3)4/h8-11H2,1-7H3. The zero-order valence-electron chi connectivity index (χ0n) is 14.4. The van der Waals surface area contributed by atoms with Crippen LogP contribution in [-0.4, -0.2) is 41.3 Å². The van der Waals surface area contributed by atoms with E-state index in [1.165, 1.54) is 0 Å². The van der Waals surface area contributed by atoms with Crippen molar-refractivity contribution in [3.05, 3.63) is 0 Å². The highest BCUT2D eigenvalue weighted by atomic mass is 16.6. The Morgan fingerprint density at radius 2 is 1.76 bits per heavy atom. The average molecular weight is 299 g/mol. The summed E-state index contributed by atoms with van der Waals surface area (Å²) in [5, 5.41) is 0. The molecular weight excluding hydrogens is 270 g/mol. The lowest BCUT2D eigenvalue weighted by molar-refractivity contribution is -0.167. The van der Waals surface area contributed by atoms with Gasteiger partial charge in [0, 0.05) is 13.0 Å². The zero-order valence-corrected chi connectivity index (χ0v) is 14.4. The van der Waals surface area contributed by atoms with E-state index in [0.29, 0.717) is 19.5 Å². The minimum absolute atomic E-state index is 0.210. The van der Waals surface area contributed by atoms with E-state index in [-0.39, 0.29) is 12.1 Å². The number of ether oxygens (including phenoxy) is 2. The number of rotatable bonds is 3. The Hall–Kier alpha value is -1.26. The van der Waals surface area contributed by atoms with E-state index in [9.17, 15) is 9.59 Å². The molecule has 1 atom stereocenters. The van der Waals surface area contributed by atoms with E-state index in [1.807, 2.05) is 48.5 Å². The number of hydrogen-bond acceptors (Lipinski definition) is 4. The molecule has 5 nitrogen and oxygen atoms in total. The molecule has 0 radical (unpaired) electrons. The molecule has 0 aromatic rings. The monoisotopic (exact) mass is 299 g/mol. The Balaban J connectivity index is 2.64. The predicted molar refractivity (Wildman–Crippen MR) is 81.0 cm³/mol. The molecule has 0 N–H and O–H groups in total. The smallest absolute Gasteiger partial charge is 0.410 e. The number of likely N-dealkylation sites (tertiary alicyclic amines) is 1. The lowest BCUT2D eigenvalue weighted by Crippen LogP contribution is -2.42. The number of nitrogens with zero attached hydrogens (tertiary/aromatic N) is 1. The summed E-state index contributed by atoms with van der Waals surface area (Å²) in [6.45, 7) is 14.0. The van der Waals surface area contributed by atoms with Crippen LogP contribution in [0.15, 0.2) is 0 Å². The van der Waals surface area contributed by atoms with Crippen molar-refractivity contribution in [3.63, 3.8) is 0 Å². The van der Waals surface area contributed by atoms with E-state index >= 15 is 0 Å². The van der Waals surface area contributed by atoms with Gasteiger partial charge in [0.25, 0.3) is 0 Å². The molecule has 1 aliphatic heterocycles. The molecule has 0 aliphatic carbocycles. The summed E-state index contributed by atoms with van der Waals surface area (Å²) in [4.78, 5) is 25.9. The van der Waals surface area contributed by atoms with Crippen LogP contribution in [0.5, 0.6) is 0 Å². The van der Waals surface area contributed by atoms with Crippen molar-refractivity contribution in [2.24, 2.45) is 5.41 Å². The molecule has 21 heavy (non-hydrogen) atoms. The lowest BCUT2D eigenvalue weighted by atomic mass is 9.90. The van der Waals surface area contributed by atoms with E-state index in [2.05, 4.69) is 0 Å². The minimum atomic E-state index is -0.625. The van der Waals surface area contributed by atoms with Crippen LogP contribution in [0.2, 0.25) is 0 Å². The first-order valence-electron chi connectivity index (χ1n) is 7.60.